The SMILES string of the molecule is CC[C@H]1CCC[C@H](O[C@H]2CC[C@H](N(C)C)C(C)O2)[C@@H](C)C(=O)C2=C[C@H]3[C@@H]4C[C@H](O[C@H](O)[C@@H](OC)C(OC)[C@@H](OC)C(C)C)C[C@H]4[C@H]4[C@@H]([C@H]3[C@@H]2CC(=O)O1)N4c1ccccc1. The molecule has 0 amide bonds. The second-order valence-corrected chi connectivity index (χ2v) is 19.3. The zero-order chi connectivity index (χ0) is 43.0. The van der Waals surface area contributed by atoms with Gasteiger partial charge in [-0.25, -0.2) is 0 Å². The molecule has 3 saturated heterocycles. The van der Waals surface area contributed by atoms with Crippen LogP contribution in [0.5, 0.6) is 0 Å². The lowest BCUT2D eigenvalue weighted by Gasteiger charge is -2.40. The molecule has 1 aromatic rings. The van der Waals surface area contributed by atoms with Crippen LogP contribution in [-0.4, -0.2) is 131 Å². The maximum atomic E-state index is 15.1. The van der Waals surface area contributed by atoms with Gasteiger partial charge in [-0.05, 0) is 120 Å². The standard InChI is InChI=1S/C48H74N2O10/c1-11-30-18-15-19-38(60-40-21-20-37(49(6)7)28(5)57-40)27(4)44(52)36-24-33-32-22-31(59-48(53)47(56-10)46(55-9)45(54-8)26(2)3)23-35(32)42-43(41(33)34(36)25-39(51)58-30)50(42)29-16-13-12-14-17-29/h12-14,16-17,24,26-28,30-35,37-38,40-43,45-48,53H,11,15,18-23,25H2,1-10H3/t27-,28?,30+,31+,32+,33+,34-,35-,37+,38+,40+,41-,42+,43-,45+,46?,47+,48+,50?/m1/s1. The Labute approximate surface area is 358 Å². The highest BCUT2D eigenvalue weighted by atomic mass is 16.7. The number of aliphatic hydroxyl groups excluding tert-OH is 1. The molecule has 3 heterocycles. The highest BCUT2D eigenvalue weighted by molar-refractivity contribution is 5.99. The number of fused-ring (bicyclic) bond motifs is 8. The smallest absolute Gasteiger partial charge is 0.306 e. The van der Waals surface area contributed by atoms with Gasteiger partial charge < -0.3 is 48.1 Å². The fourth-order valence-corrected chi connectivity index (χ4v) is 12.4. The first-order valence-corrected chi connectivity index (χ1v) is 23.0. The van der Waals surface area contributed by atoms with Gasteiger partial charge in [-0.3, -0.25) is 9.59 Å². The van der Waals surface area contributed by atoms with E-state index >= 15 is 4.79 Å². The molecule has 2 saturated carbocycles. The van der Waals surface area contributed by atoms with E-state index in [0.717, 1.165) is 56.2 Å². The number of allylic oxidation sites excluding steroid dienone is 2. The van der Waals surface area contributed by atoms with Crippen molar-refractivity contribution in [2.75, 3.05) is 40.3 Å². The molecule has 5 fully saturated rings. The molecule has 0 aromatic heterocycles. The van der Waals surface area contributed by atoms with Crippen molar-refractivity contribution in [1.82, 2.24) is 4.90 Å². The van der Waals surface area contributed by atoms with Crippen molar-refractivity contribution in [3.8, 4) is 0 Å². The van der Waals surface area contributed by atoms with E-state index < -0.39 is 24.4 Å². The van der Waals surface area contributed by atoms with Crippen LogP contribution >= 0.6 is 0 Å². The molecule has 18 atom stereocenters. The number of cyclic esters (lactones) is 1. The van der Waals surface area contributed by atoms with E-state index in [1.54, 1.807) is 21.3 Å². The first-order chi connectivity index (χ1) is 28.8. The Balaban J connectivity index is 1.18. The number of nitrogens with zero attached hydrogens (tertiary/aromatic N) is 2. The van der Waals surface area contributed by atoms with Crippen molar-refractivity contribution in [3.63, 3.8) is 0 Å². The van der Waals surface area contributed by atoms with Crippen molar-refractivity contribution in [2.45, 2.75) is 166 Å². The molecule has 3 aliphatic carbocycles. The summed E-state index contributed by atoms with van der Waals surface area (Å²) in [6, 6.07) is 11.2. The van der Waals surface area contributed by atoms with Gasteiger partial charge in [0.25, 0.3) is 0 Å². The Bertz CT molecular complexity index is 1620. The van der Waals surface area contributed by atoms with E-state index in [4.69, 9.17) is 33.2 Å². The van der Waals surface area contributed by atoms with Gasteiger partial charge in [-0.1, -0.05) is 52.0 Å². The molecule has 12 nitrogen and oxygen atoms in total. The summed E-state index contributed by atoms with van der Waals surface area (Å²) in [7, 11) is 9.01. The zero-order valence-corrected chi connectivity index (χ0v) is 37.8. The number of aliphatic hydroxyl groups is 1. The minimum atomic E-state index is -1.24. The largest absolute Gasteiger partial charge is 0.462 e. The number of methoxy groups -OCH3 is 3. The molecule has 0 bridgehead atoms. The minimum Gasteiger partial charge on any atom is -0.462 e. The van der Waals surface area contributed by atoms with Gasteiger partial charge in [-0.2, -0.15) is 0 Å². The summed E-state index contributed by atoms with van der Waals surface area (Å²) in [4.78, 5) is 33.8. The van der Waals surface area contributed by atoms with E-state index in [0.29, 0.717) is 12.5 Å². The maximum absolute atomic E-state index is 15.1. The second kappa shape index (κ2) is 19.5. The van der Waals surface area contributed by atoms with Gasteiger partial charge in [0.05, 0.1) is 42.9 Å². The molecule has 60 heavy (non-hydrogen) atoms. The summed E-state index contributed by atoms with van der Waals surface area (Å²) in [5, 5.41) is 11.7. The first-order valence-electron chi connectivity index (χ1n) is 23.0. The summed E-state index contributed by atoms with van der Waals surface area (Å²) in [5.74, 6) is -0.153. The average Bonchev–Trinajstić information content (AvgIpc) is 3.63. The molecule has 12 heteroatoms. The van der Waals surface area contributed by atoms with Crippen molar-refractivity contribution in [3.05, 3.63) is 42.0 Å². The fourth-order valence-electron chi connectivity index (χ4n) is 12.4. The molecular formula is C48H74N2O10. The van der Waals surface area contributed by atoms with Crippen molar-refractivity contribution >= 4 is 17.4 Å². The third-order valence-electron chi connectivity index (χ3n) is 15.3. The number of likely N-dealkylation sites (N-methyl/N-ethyl adjacent to an activating group) is 1. The van der Waals surface area contributed by atoms with Gasteiger partial charge in [0.1, 0.15) is 18.3 Å². The van der Waals surface area contributed by atoms with E-state index in [1.165, 1.54) is 0 Å². The van der Waals surface area contributed by atoms with Gasteiger partial charge in [0.2, 0.25) is 0 Å². The van der Waals surface area contributed by atoms with Crippen LogP contribution in [-0.2, 0) is 42.7 Å². The van der Waals surface area contributed by atoms with Gasteiger partial charge >= 0.3 is 5.97 Å². The first kappa shape index (κ1) is 45.6. The number of hydrogen-bond acceptors (Lipinski definition) is 12. The Morgan fingerprint density at radius 3 is 2.23 bits per heavy atom. The van der Waals surface area contributed by atoms with Crippen LogP contribution in [0.25, 0.3) is 0 Å². The summed E-state index contributed by atoms with van der Waals surface area (Å²) < 4.78 is 43.6. The number of benzene rings is 1. The highest BCUT2D eigenvalue weighted by Crippen LogP contribution is 2.65. The summed E-state index contributed by atoms with van der Waals surface area (Å²) in [6.07, 6.45) is 4.65. The van der Waals surface area contributed by atoms with Crippen LogP contribution < -0.4 is 4.90 Å². The third kappa shape index (κ3) is 9.14. The monoisotopic (exact) mass is 839 g/mol. The number of ketones is 1. The quantitative estimate of drug-likeness (QED) is 0.126. The molecule has 7 rings (SSSR count). The van der Waals surface area contributed by atoms with Crippen LogP contribution in [0.2, 0.25) is 0 Å². The molecule has 3 aliphatic heterocycles. The molecule has 2 unspecified atom stereocenters. The summed E-state index contributed by atoms with van der Waals surface area (Å²) in [5.41, 5.74) is 1.91. The van der Waals surface area contributed by atoms with E-state index in [9.17, 15) is 9.90 Å². The molecule has 336 valence electrons. The van der Waals surface area contributed by atoms with Crippen molar-refractivity contribution in [1.29, 1.82) is 0 Å². The number of Topliss-reactive ketones (excluding diaryl/α,β-unsaturated/α-hetero) is 1. The Morgan fingerprint density at radius 1 is 0.900 bits per heavy atom. The van der Waals surface area contributed by atoms with Crippen LogP contribution in [0.3, 0.4) is 0 Å². The maximum Gasteiger partial charge on any atom is 0.306 e. The third-order valence-corrected chi connectivity index (χ3v) is 15.3. The number of esters is 1. The van der Waals surface area contributed by atoms with Crippen molar-refractivity contribution in [2.24, 2.45) is 41.4 Å². The molecular weight excluding hydrogens is 765 g/mol. The zero-order valence-electron chi connectivity index (χ0n) is 37.8. The number of rotatable bonds is 14. The van der Waals surface area contributed by atoms with Gasteiger partial charge in [0.15, 0.2) is 18.4 Å². The number of carbonyl (C=O) groups excluding carboxylic acids is 2. The van der Waals surface area contributed by atoms with E-state index in [2.05, 4.69) is 81.9 Å². The van der Waals surface area contributed by atoms with E-state index in [1.807, 2.05) is 13.0 Å². The predicted molar refractivity (Wildman–Crippen MR) is 228 cm³/mol. The van der Waals surface area contributed by atoms with Gasteiger partial charge in [-0.15, -0.1) is 0 Å². The number of anilines is 1. The second-order valence-electron chi connectivity index (χ2n) is 19.3. The number of ether oxygens (including phenoxy) is 7. The van der Waals surface area contributed by atoms with Crippen LogP contribution in [0, 0.1) is 41.4 Å². The average molecular weight is 839 g/mol. The Morgan fingerprint density at radius 2 is 1.60 bits per heavy atom. The molecule has 0 spiro atoms. The minimum absolute atomic E-state index is 0.0151. The van der Waals surface area contributed by atoms with Crippen LogP contribution in [0.1, 0.15) is 92.4 Å². The molecule has 6 aliphatic rings. The topological polar surface area (TPSA) is 125 Å². The van der Waals surface area contributed by atoms with Crippen LogP contribution in [0.4, 0.5) is 5.69 Å². The fraction of sp³-hybridized carbons (Fsp3) is 0.792. The summed E-state index contributed by atoms with van der Waals surface area (Å²) in [6.45, 7) is 10.3. The molecule has 0 radical (unpaired) electrons. The molecule has 1 aromatic carbocycles. The lowest BCUT2D eigenvalue weighted by Crippen LogP contribution is -2.50. The highest BCUT2D eigenvalue weighted by Gasteiger charge is 2.69. The summed E-state index contributed by atoms with van der Waals surface area (Å²) >= 11 is 0. The Kier molecular flexibility index (Phi) is 14.8. The number of para-hydroxylation sites is 1. The Hall–Kier alpha value is -2.42. The lowest BCUT2D eigenvalue weighted by atomic mass is 9.66. The predicted octanol–water partition coefficient (Wildman–Crippen LogP) is 6.42. The number of hydrogen-bond donors (Lipinski definition) is 1. The van der Waals surface area contributed by atoms with Crippen LogP contribution in [0.15, 0.2) is 42.0 Å². The van der Waals surface area contributed by atoms with Crippen molar-refractivity contribution < 1.29 is 47.9 Å². The molecule has 1 N–H and O–H groups in total. The lowest BCUT2D eigenvalue weighted by molar-refractivity contribution is -0.236. The van der Waals surface area contributed by atoms with E-state index in [-0.39, 0.29) is 103 Å². The normalized spacial score (nSPS) is 39.0. The number of carbonyl (C=O) groups is 2. The van der Waals surface area contributed by atoms with Gasteiger partial charge in [0, 0.05) is 44.9 Å².